The Morgan fingerprint density at radius 1 is 0.897 bits per heavy atom. The highest BCUT2D eigenvalue weighted by molar-refractivity contribution is 6.04. The van der Waals surface area contributed by atoms with Crippen LogP contribution in [-0.4, -0.2) is 42.1 Å². The third-order valence-electron chi connectivity index (χ3n) is 4.88. The van der Waals surface area contributed by atoms with Gasteiger partial charge in [0.2, 0.25) is 0 Å². The fourth-order valence-corrected chi connectivity index (χ4v) is 3.30. The summed E-state index contributed by atoms with van der Waals surface area (Å²) in [7, 11) is 0. The summed E-state index contributed by atoms with van der Waals surface area (Å²) >= 11 is 0. The van der Waals surface area contributed by atoms with Gasteiger partial charge in [-0.2, -0.15) is 5.26 Å². The van der Waals surface area contributed by atoms with Crippen LogP contribution in [-0.2, 0) is 0 Å². The van der Waals surface area contributed by atoms with Gasteiger partial charge in [0.25, 0.3) is 5.91 Å². The lowest BCUT2D eigenvalue weighted by molar-refractivity contribution is 0.102. The van der Waals surface area contributed by atoms with Gasteiger partial charge in [-0.15, -0.1) is 0 Å². The van der Waals surface area contributed by atoms with Crippen LogP contribution in [0.3, 0.4) is 0 Å². The normalized spacial score (nSPS) is 13.6. The number of piperazine rings is 1. The Morgan fingerprint density at radius 3 is 2.21 bits per heavy atom. The predicted molar refractivity (Wildman–Crippen MR) is 112 cm³/mol. The number of nitriles is 1. The van der Waals surface area contributed by atoms with Crippen LogP contribution < -0.4 is 15.1 Å². The van der Waals surface area contributed by atoms with Crippen LogP contribution in [0, 0.1) is 11.3 Å². The van der Waals surface area contributed by atoms with E-state index < -0.39 is 0 Å². The minimum atomic E-state index is -0.285. The molecule has 1 amide bonds. The van der Waals surface area contributed by atoms with Gasteiger partial charge in [0.05, 0.1) is 16.8 Å². The molecule has 1 N–H and O–H groups in total. The Hall–Kier alpha value is -3.92. The molecule has 1 saturated heterocycles. The van der Waals surface area contributed by atoms with Crippen LogP contribution in [0.25, 0.3) is 0 Å². The van der Waals surface area contributed by atoms with E-state index in [9.17, 15) is 4.79 Å². The van der Waals surface area contributed by atoms with E-state index in [1.54, 1.807) is 36.5 Å². The van der Waals surface area contributed by atoms with Gasteiger partial charge in [-0.1, -0.05) is 18.2 Å². The summed E-state index contributed by atoms with van der Waals surface area (Å²) in [5.41, 5.74) is 1.37. The lowest BCUT2D eigenvalue weighted by Gasteiger charge is -2.36. The SMILES string of the molecule is N#Cc1ccccc1NC(=O)c1ccc(N2CCN(c3ccccn3)CC2)nc1. The second-order valence-electron chi connectivity index (χ2n) is 6.68. The molecule has 3 aromatic rings. The maximum atomic E-state index is 12.5. The van der Waals surface area contributed by atoms with E-state index in [0.717, 1.165) is 37.8 Å². The van der Waals surface area contributed by atoms with Crippen LogP contribution in [0.4, 0.5) is 17.3 Å². The molecule has 0 unspecified atom stereocenters. The van der Waals surface area contributed by atoms with E-state index in [-0.39, 0.29) is 5.91 Å². The molecule has 0 saturated carbocycles. The summed E-state index contributed by atoms with van der Waals surface area (Å²) in [6, 6.07) is 18.5. The van der Waals surface area contributed by atoms with Crippen molar-refractivity contribution in [1.29, 1.82) is 5.26 Å². The number of amides is 1. The van der Waals surface area contributed by atoms with E-state index in [1.165, 1.54) is 0 Å². The molecule has 1 aromatic carbocycles. The number of anilines is 3. The second kappa shape index (κ2) is 8.40. The molecule has 7 heteroatoms. The lowest BCUT2D eigenvalue weighted by atomic mass is 10.2. The molecule has 1 fully saturated rings. The quantitative estimate of drug-likeness (QED) is 0.744. The first-order chi connectivity index (χ1) is 14.2. The molecule has 3 heterocycles. The van der Waals surface area contributed by atoms with Crippen molar-refractivity contribution in [2.75, 3.05) is 41.3 Å². The summed E-state index contributed by atoms with van der Waals surface area (Å²) in [6.45, 7) is 3.41. The smallest absolute Gasteiger partial charge is 0.257 e. The third kappa shape index (κ3) is 4.17. The highest BCUT2D eigenvalue weighted by Crippen LogP contribution is 2.19. The number of hydrogen-bond donors (Lipinski definition) is 1. The van der Waals surface area contributed by atoms with E-state index >= 15 is 0 Å². The highest BCUT2D eigenvalue weighted by Gasteiger charge is 2.19. The van der Waals surface area contributed by atoms with Gasteiger partial charge in [0.1, 0.15) is 17.7 Å². The topological polar surface area (TPSA) is 85.2 Å². The summed E-state index contributed by atoms with van der Waals surface area (Å²) in [5, 5.41) is 11.9. The summed E-state index contributed by atoms with van der Waals surface area (Å²) in [5.74, 6) is 1.55. The monoisotopic (exact) mass is 384 g/mol. The van der Waals surface area contributed by atoms with Crippen LogP contribution in [0.2, 0.25) is 0 Å². The predicted octanol–water partition coefficient (Wildman–Crippen LogP) is 2.93. The van der Waals surface area contributed by atoms with Crippen LogP contribution in [0.1, 0.15) is 15.9 Å². The largest absolute Gasteiger partial charge is 0.353 e. The zero-order valence-corrected chi connectivity index (χ0v) is 15.8. The fourth-order valence-electron chi connectivity index (χ4n) is 3.30. The van der Waals surface area contributed by atoms with Gasteiger partial charge < -0.3 is 15.1 Å². The first kappa shape index (κ1) is 18.4. The molecule has 0 bridgehead atoms. The molecule has 4 rings (SSSR count). The zero-order chi connectivity index (χ0) is 20.1. The molecule has 7 nitrogen and oxygen atoms in total. The van der Waals surface area contributed by atoms with Crippen molar-refractivity contribution in [2.45, 2.75) is 0 Å². The standard InChI is InChI=1S/C22H20N6O/c23-15-17-5-1-2-6-19(17)26-22(29)18-8-9-21(25-16-18)28-13-11-27(12-14-28)20-7-3-4-10-24-20/h1-10,16H,11-14H2,(H,26,29). The number of carbonyl (C=O) groups excluding carboxylic acids is 1. The van der Waals surface area contributed by atoms with Gasteiger partial charge in [-0.25, -0.2) is 9.97 Å². The molecule has 29 heavy (non-hydrogen) atoms. The van der Waals surface area contributed by atoms with Gasteiger partial charge in [-0.05, 0) is 36.4 Å². The van der Waals surface area contributed by atoms with E-state index in [2.05, 4.69) is 31.2 Å². The van der Waals surface area contributed by atoms with Crippen molar-refractivity contribution in [2.24, 2.45) is 0 Å². The van der Waals surface area contributed by atoms with Gasteiger partial charge >= 0.3 is 0 Å². The minimum absolute atomic E-state index is 0.285. The van der Waals surface area contributed by atoms with E-state index in [1.807, 2.05) is 30.5 Å². The van der Waals surface area contributed by atoms with Crippen molar-refractivity contribution >= 4 is 23.2 Å². The molecule has 0 radical (unpaired) electrons. The lowest BCUT2D eigenvalue weighted by Crippen LogP contribution is -2.47. The number of hydrogen-bond acceptors (Lipinski definition) is 6. The number of rotatable bonds is 4. The van der Waals surface area contributed by atoms with Crippen LogP contribution in [0.5, 0.6) is 0 Å². The van der Waals surface area contributed by atoms with E-state index in [0.29, 0.717) is 16.8 Å². The molecule has 0 spiro atoms. The molecule has 144 valence electrons. The summed E-state index contributed by atoms with van der Waals surface area (Å²) < 4.78 is 0. The van der Waals surface area contributed by atoms with Crippen molar-refractivity contribution in [3.63, 3.8) is 0 Å². The molecule has 0 aliphatic carbocycles. The van der Waals surface area contributed by atoms with E-state index in [4.69, 9.17) is 5.26 Å². The van der Waals surface area contributed by atoms with Crippen molar-refractivity contribution in [3.8, 4) is 6.07 Å². The number of carbonyl (C=O) groups is 1. The number of pyridine rings is 2. The van der Waals surface area contributed by atoms with Crippen LogP contribution >= 0.6 is 0 Å². The molecular weight excluding hydrogens is 364 g/mol. The molecule has 1 aliphatic rings. The maximum absolute atomic E-state index is 12.5. The Balaban J connectivity index is 1.38. The van der Waals surface area contributed by atoms with Crippen molar-refractivity contribution < 1.29 is 4.79 Å². The van der Waals surface area contributed by atoms with Crippen molar-refractivity contribution in [3.05, 3.63) is 78.1 Å². The number of nitrogens with one attached hydrogen (secondary N) is 1. The third-order valence-corrected chi connectivity index (χ3v) is 4.88. The minimum Gasteiger partial charge on any atom is -0.353 e. The fraction of sp³-hybridized carbons (Fsp3) is 0.182. The summed E-state index contributed by atoms with van der Waals surface area (Å²) in [6.07, 6.45) is 3.38. The molecular formula is C22H20N6O. The van der Waals surface area contributed by atoms with Gasteiger partial charge in [0, 0.05) is 38.6 Å². The Bertz CT molecular complexity index is 1020. The number of aromatic nitrogens is 2. The average Bonchev–Trinajstić information content (AvgIpc) is 2.80. The molecule has 1 aliphatic heterocycles. The number of benzene rings is 1. The van der Waals surface area contributed by atoms with Gasteiger partial charge in [-0.3, -0.25) is 4.79 Å². The Labute approximate surface area is 169 Å². The first-order valence-corrected chi connectivity index (χ1v) is 9.42. The average molecular weight is 384 g/mol. The highest BCUT2D eigenvalue weighted by atomic mass is 16.1. The Morgan fingerprint density at radius 2 is 1.59 bits per heavy atom. The second-order valence-corrected chi connectivity index (χ2v) is 6.68. The number of para-hydroxylation sites is 1. The van der Waals surface area contributed by atoms with Crippen molar-refractivity contribution in [1.82, 2.24) is 9.97 Å². The molecule has 2 aromatic heterocycles. The van der Waals surface area contributed by atoms with Gasteiger partial charge in [0.15, 0.2) is 0 Å². The maximum Gasteiger partial charge on any atom is 0.257 e. The molecule has 0 atom stereocenters. The summed E-state index contributed by atoms with van der Waals surface area (Å²) in [4.78, 5) is 25.8. The Kier molecular flexibility index (Phi) is 5.34. The zero-order valence-electron chi connectivity index (χ0n) is 15.8. The first-order valence-electron chi connectivity index (χ1n) is 9.42. The van der Waals surface area contributed by atoms with Crippen LogP contribution in [0.15, 0.2) is 67.0 Å². The number of nitrogens with zero attached hydrogens (tertiary/aromatic N) is 5.